The summed E-state index contributed by atoms with van der Waals surface area (Å²) in [5.41, 5.74) is 0. The Morgan fingerprint density at radius 3 is 2.88 bits per heavy atom. The van der Waals surface area contributed by atoms with Gasteiger partial charge in [0.25, 0.3) is 0 Å². The number of hydrogen-bond donors (Lipinski definition) is 2. The van der Waals surface area contributed by atoms with E-state index in [-0.39, 0.29) is 6.61 Å². The van der Waals surface area contributed by atoms with E-state index in [1.54, 1.807) is 0 Å². The quantitative estimate of drug-likeness (QED) is 0.674. The number of piperidine rings is 1. The topological polar surface area (TPSA) is 46.9 Å². The fraction of sp³-hybridized carbons (Fsp3) is 1.00. The van der Waals surface area contributed by atoms with Crippen molar-refractivity contribution in [2.45, 2.75) is 25.4 Å². The summed E-state index contributed by atoms with van der Waals surface area (Å²) >= 11 is 0. The average Bonchev–Trinajstić information content (AvgIpc) is 2.26. The van der Waals surface area contributed by atoms with Gasteiger partial charge in [-0.05, 0) is 52.4 Å². The van der Waals surface area contributed by atoms with Crippen molar-refractivity contribution in [3.8, 4) is 0 Å². The Kier molecular flexibility index (Phi) is 6.28. The predicted octanol–water partition coefficient (Wildman–Crippen LogP) is 0.00330. The highest BCUT2D eigenvalue weighted by Gasteiger charge is 2.17. The van der Waals surface area contributed by atoms with E-state index in [2.05, 4.69) is 16.8 Å². The van der Waals surface area contributed by atoms with Crippen molar-refractivity contribution in [1.29, 1.82) is 0 Å². The highest BCUT2D eigenvalue weighted by molar-refractivity contribution is 4.72. The molecule has 96 valence electrons. The molecule has 0 bridgehead atoms. The zero-order valence-corrected chi connectivity index (χ0v) is 10.6. The van der Waals surface area contributed by atoms with Crippen LogP contribution in [0.2, 0.25) is 0 Å². The number of likely N-dealkylation sites (tertiary alicyclic amines) is 1. The Labute approximate surface area is 98.9 Å². The van der Waals surface area contributed by atoms with E-state index in [1.165, 1.54) is 32.4 Å². The molecule has 2 N–H and O–H groups in total. The highest BCUT2D eigenvalue weighted by Crippen LogP contribution is 2.18. The standard InChI is InChI=1S/C12H26N2O2/c1-13-6-3-4-11(8-13)5-7-14(2)9-12(16)10-15/h11-12,15-16H,3-10H2,1-2H3. The minimum atomic E-state index is -0.598. The van der Waals surface area contributed by atoms with Crippen LogP contribution in [0.4, 0.5) is 0 Å². The summed E-state index contributed by atoms with van der Waals surface area (Å²) in [5, 5.41) is 18.1. The van der Waals surface area contributed by atoms with E-state index in [1.807, 2.05) is 7.05 Å². The van der Waals surface area contributed by atoms with Crippen LogP contribution in [0, 0.1) is 5.92 Å². The Balaban J connectivity index is 2.13. The number of hydrogen-bond acceptors (Lipinski definition) is 4. The molecular weight excluding hydrogens is 204 g/mol. The fourth-order valence-electron chi connectivity index (χ4n) is 2.42. The molecule has 0 aromatic carbocycles. The van der Waals surface area contributed by atoms with Crippen LogP contribution >= 0.6 is 0 Å². The lowest BCUT2D eigenvalue weighted by atomic mass is 9.95. The second-order valence-electron chi connectivity index (χ2n) is 5.16. The van der Waals surface area contributed by atoms with E-state index in [0.29, 0.717) is 6.54 Å². The lowest BCUT2D eigenvalue weighted by Crippen LogP contribution is -2.36. The predicted molar refractivity (Wildman–Crippen MR) is 65.4 cm³/mol. The first-order valence-electron chi connectivity index (χ1n) is 6.28. The molecule has 1 aliphatic heterocycles. The van der Waals surface area contributed by atoms with Gasteiger partial charge in [0.1, 0.15) is 0 Å². The molecule has 1 heterocycles. The largest absolute Gasteiger partial charge is 0.394 e. The van der Waals surface area contributed by atoms with E-state index < -0.39 is 6.10 Å². The third kappa shape index (κ3) is 5.25. The van der Waals surface area contributed by atoms with Crippen molar-refractivity contribution < 1.29 is 10.2 Å². The Hall–Kier alpha value is -0.160. The minimum Gasteiger partial charge on any atom is -0.394 e. The van der Waals surface area contributed by atoms with Crippen LogP contribution in [0.5, 0.6) is 0 Å². The van der Waals surface area contributed by atoms with Crippen LogP contribution in [-0.2, 0) is 0 Å². The van der Waals surface area contributed by atoms with Crippen molar-refractivity contribution in [2.24, 2.45) is 5.92 Å². The van der Waals surface area contributed by atoms with Gasteiger partial charge in [0.2, 0.25) is 0 Å². The van der Waals surface area contributed by atoms with Crippen LogP contribution in [0.3, 0.4) is 0 Å². The first kappa shape index (κ1) is 13.9. The Morgan fingerprint density at radius 2 is 2.25 bits per heavy atom. The summed E-state index contributed by atoms with van der Waals surface area (Å²) in [7, 11) is 4.19. The molecule has 0 aromatic rings. The van der Waals surface area contributed by atoms with Gasteiger partial charge in [-0.25, -0.2) is 0 Å². The molecule has 1 rings (SSSR count). The zero-order chi connectivity index (χ0) is 12.0. The first-order valence-corrected chi connectivity index (χ1v) is 6.28. The molecule has 4 heteroatoms. The second kappa shape index (κ2) is 7.22. The Morgan fingerprint density at radius 1 is 1.50 bits per heavy atom. The van der Waals surface area contributed by atoms with E-state index in [4.69, 9.17) is 5.11 Å². The number of rotatable bonds is 6. The smallest absolute Gasteiger partial charge is 0.0897 e. The summed E-state index contributed by atoms with van der Waals surface area (Å²) in [5.74, 6) is 0.799. The zero-order valence-electron chi connectivity index (χ0n) is 10.6. The Bertz CT molecular complexity index is 190. The van der Waals surface area contributed by atoms with Crippen LogP contribution in [0.1, 0.15) is 19.3 Å². The third-order valence-corrected chi connectivity index (χ3v) is 3.37. The lowest BCUT2D eigenvalue weighted by Gasteiger charge is -2.31. The number of likely N-dealkylation sites (N-methyl/N-ethyl adjacent to an activating group) is 1. The summed E-state index contributed by atoms with van der Waals surface area (Å²) in [4.78, 5) is 4.51. The maximum atomic E-state index is 9.31. The van der Waals surface area contributed by atoms with Gasteiger partial charge in [0.05, 0.1) is 12.7 Å². The molecule has 0 amide bonds. The van der Waals surface area contributed by atoms with Gasteiger partial charge < -0.3 is 20.0 Å². The molecule has 0 aromatic heterocycles. The van der Waals surface area contributed by atoms with Crippen LogP contribution in [-0.4, -0.2) is 73.0 Å². The molecule has 0 saturated carbocycles. The molecule has 16 heavy (non-hydrogen) atoms. The minimum absolute atomic E-state index is 0.142. The molecule has 0 aliphatic carbocycles. The maximum absolute atomic E-state index is 9.31. The van der Waals surface area contributed by atoms with E-state index >= 15 is 0 Å². The van der Waals surface area contributed by atoms with Gasteiger partial charge in [0.15, 0.2) is 0 Å². The highest BCUT2D eigenvalue weighted by atomic mass is 16.3. The molecule has 2 unspecified atom stereocenters. The summed E-state index contributed by atoms with van der Waals surface area (Å²) in [6.07, 6.45) is 3.24. The van der Waals surface area contributed by atoms with E-state index in [0.717, 1.165) is 12.5 Å². The average molecular weight is 230 g/mol. The molecular formula is C12H26N2O2. The normalized spacial score (nSPS) is 24.9. The first-order chi connectivity index (χ1) is 7.61. The number of aliphatic hydroxyl groups is 2. The van der Waals surface area contributed by atoms with Gasteiger partial charge in [0, 0.05) is 13.1 Å². The van der Waals surface area contributed by atoms with Crippen LogP contribution in [0.15, 0.2) is 0 Å². The molecule has 1 saturated heterocycles. The molecule has 4 nitrogen and oxygen atoms in total. The molecule has 2 atom stereocenters. The lowest BCUT2D eigenvalue weighted by molar-refractivity contribution is 0.0637. The molecule has 0 radical (unpaired) electrons. The van der Waals surface area contributed by atoms with Gasteiger partial charge in [-0.2, -0.15) is 0 Å². The second-order valence-corrected chi connectivity index (χ2v) is 5.16. The van der Waals surface area contributed by atoms with Crippen molar-refractivity contribution in [2.75, 3.05) is 46.9 Å². The van der Waals surface area contributed by atoms with Crippen molar-refractivity contribution in [1.82, 2.24) is 9.80 Å². The molecule has 0 spiro atoms. The number of nitrogens with zero attached hydrogens (tertiary/aromatic N) is 2. The monoisotopic (exact) mass is 230 g/mol. The van der Waals surface area contributed by atoms with Crippen molar-refractivity contribution in [3.05, 3.63) is 0 Å². The van der Waals surface area contributed by atoms with Crippen LogP contribution in [0.25, 0.3) is 0 Å². The summed E-state index contributed by atoms with van der Waals surface area (Å²) in [6, 6.07) is 0. The van der Waals surface area contributed by atoms with Crippen molar-refractivity contribution >= 4 is 0 Å². The third-order valence-electron chi connectivity index (χ3n) is 3.37. The maximum Gasteiger partial charge on any atom is 0.0897 e. The summed E-state index contributed by atoms with van der Waals surface area (Å²) in [6.45, 7) is 3.87. The molecule has 1 fully saturated rings. The summed E-state index contributed by atoms with van der Waals surface area (Å²) < 4.78 is 0. The molecule has 1 aliphatic rings. The van der Waals surface area contributed by atoms with Crippen molar-refractivity contribution in [3.63, 3.8) is 0 Å². The SMILES string of the molecule is CN(CCC1CCCN(C)C1)CC(O)CO. The van der Waals surface area contributed by atoms with Crippen LogP contribution < -0.4 is 0 Å². The van der Waals surface area contributed by atoms with E-state index in [9.17, 15) is 5.11 Å². The van der Waals surface area contributed by atoms with Gasteiger partial charge in [-0.1, -0.05) is 0 Å². The fourth-order valence-corrected chi connectivity index (χ4v) is 2.42. The van der Waals surface area contributed by atoms with Gasteiger partial charge in [-0.15, -0.1) is 0 Å². The number of aliphatic hydroxyl groups excluding tert-OH is 2. The van der Waals surface area contributed by atoms with Gasteiger partial charge in [-0.3, -0.25) is 0 Å². The van der Waals surface area contributed by atoms with Gasteiger partial charge >= 0.3 is 0 Å².